The summed E-state index contributed by atoms with van der Waals surface area (Å²) in [6.07, 6.45) is 3.91. The first-order chi connectivity index (χ1) is 12.3. The molecule has 3 heterocycles. The first kappa shape index (κ1) is 15.7. The minimum atomic E-state index is -0.170. The van der Waals surface area contributed by atoms with Gasteiger partial charge in [-0.3, -0.25) is 0 Å². The van der Waals surface area contributed by atoms with Crippen molar-refractivity contribution in [3.8, 4) is 0 Å². The highest BCUT2D eigenvalue weighted by Crippen LogP contribution is 2.28. The molecule has 0 aliphatic carbocycles. The number of pyridine rings is 1. The van der Waals surface area contributed by atoms with Crippen LogP contribution in [0.1, 0.15) is 23.2 Å². The number of carbonyl (C=O) groups is 1. The van der Waals surface area contributed by atoms with E-state index in [0.717, 1.165) is 61.7 Å². The molecule has 130 valence electrons. The molecule has 2 amide bonds. The van der Waals surface area contributed by atoms with Crippen LogP contribution in [-0.2, 0) is 19.3 Å². The Bertz CT molecular complexity index is 789. The summed E-state index contributed by atoms with van der Waals surface area (Å²) in [7, 11) is 0. The number of hydrogen-bond donors (Lipinski definition) is 4. The summed E-state index contributed by atoms with van der Waals surface area (Å²) in [4.78, 5) is 16.8. The lowest BCUT2D eigenvalue weighted by Crippen LogP contribution is -2.31. The Balaban J connectivity index is 1.30. The molecule has 2 aliphatic heterocycles. The molecule has 1 aromatic heterocycles. The Hall–Kier alpha value is -2.76. The van der Waals surface area contributed by atoms with Crippen LogP contribution >= 0.6 is 0 Å². The van der Waals surface area contributed by atoms with E-state index in [1.165, 1.54) is 11.1 Å². The molecule has 2 aliphatic rings. The highest BCUT2D eigenvalue weighted by molar-refractivity contribution is 5.91. The van der Waals surface area contributed by atoms with Gasteiger partial charge in [0.1, 0.15) is 5.82 Å². The molecule has 0 bridgehead atoms. The lowest BCUT2D eigenvalue weighted by atomic mass is 10.1. The quantitative estimate of drug-likeness (QED) is 0.692. The number of amides is 2. The molecule has 25 heavy (non-hydrogen) atoms. The van der Waals surface area contributed by atoms with Gasteiger partial charge < -0.3 is 21.3 Å². The largest absolute Gasteiger partial charge is 0.384 e. The van der Waals surface area contributed by atoms with Crippen molar-refractivity contribution < 1.29 is 4.79 Å². The second kappa shape index (κ2) is 7.01. The van der Waals surface area contributed by atoms with Crippen LogP contribution in [-0.4, -0.2) is 30.6 Å². The van der Waals surface area contributed by atoms with E-state index in [1.54, 1.807) is 0 Å². The lowest BCUT2D eigenvalue weighted by molar-refractivity contribution is 0.252. The van der Waals surface area contributed by atoms with Crippen molar-refractivity contribution in [3.63, 3.8) is 0 Å². The summed E-state index contributed by atoms with van der Waals surface area (Å²) in [6, 6.07) is 9.97. The van der Waals surface area contributed by atoms with Crippen LogP contribution in [0.25, 0.3) is 0 Å². The predicted molar refractivity (Wildman–Crippen MR) is 100 cm³/mol. The zero-order valence-corrected chi connectivity index (χ0v) is 14.2. The van der Waals surface area contributed by atoms with Crippen molar-refractivity contribution >= 4 is 23.2 Å². The van der Waals surface area contributed by atoms with Gasteiger partial charge in [0.25, 0.3) is 0 Å². The van der Waals surface area contributed by atoms with E-state index in [0.29, 0.717) is 6.54 Å². The molecule has 0 atom stereocenters. The van der Waals surface area contributed by atoms with Gasteiger partial charge in [-0.25, -0.2) is 9.78 Å². The smallest absolute Gasteiger partial charge is 0.319 e. The fourth-order valence-corrected chi connectivity index (χ4v) is 3.44. The van der Waals surface area contributed by atoms with E-state index < -0.39 is 0 Å². The number of fused-ring (bicyclic) bond motifs is 2. The summed E-state index contributed by atoms with van der Waals surface area (Å²) in [5.74, 6) is 1.00. The second-order valence-electron chi connectivity index (χ2n) is 6.48. The van der Waals surface area contributed by atoms with Crippen LogP contribution < -0.4 is 21.3 Å². The molecule has 2 aromatic rings. The van der Waals surface area contributed by atoms with Crippen molar-refractivity contribution in [3.05, 3.63) is 47.2 Å². The molecule has 1 aromatic carbocycles. The highest BCUT2D eigenvalue weighted by atomic mass is 16.2. The number of carbonyl (C=O) groups excluding carboxylic acids is 1. The van der Waals surface area contributed by atoms with Crippen molar-refractivity contribution in [2.75, 3.05) is 35.6 Å². The van der Waals surface area contributed by atoms with Crippen molar-refractivity contribution in [2.24, 2.45) is 0 Å². The minimum absolute atomic E-state index is 0.170. The molecule has 0 fully saturated rings. The minimum Gasteiger partial charge on any atom is -0.384 e. The maximum Gasteiger partial charge on any atom is 0.319 e. The number of aryl methyl sites for hydroxylation is 1. The second-order valence-corrected chi connectivity index (χ2v) is 6.48. The van der Waals surface area contributed by atoms with Crippen LogP contribution in [0.15, 0.2) is 30.3 Å². The third-order valence-electron chi connectivity index (χ3n) is 4.73. The standard InChI is InChI=1S/C19H23N5O/c25-19(24-17-5-1-4-16-15(17)9-12-20-16)22-11-8-14-7-6-13-3-2-10-21-18(13)23-14/h1,4-7,20H,2-3,8-12H2,(H,21,23)(H2,22,24,25). The molecular formula is C19H23N5O. The Labute approximate surface area is 147 Å². The molecule has 6 nitrogen and oxygen atoms in total. The SMILES string of the molecule is O=C(NCCc1ccc2c(n1)NCCC2)Nc1cccc2c1CCN2. The van der Waals surface area contributed by atoms with Crippen molar-refractivity contribution in [1.29, 1.82) is 0 Å². The van der Waals surface area contributed by atoms with Crippen LogP contribution in [0.3, 0.4) is 0 Å². The van der Waals surface area contributed by atoms with Gasteiger partial charge in [-0.1, -0.05) is 12.1 Å². The molecule has 0 saturated carbocycles. The Kier molecular flexibility index (Phi) is 4.41. The van der Waals surface area contributed by atoms with Crippen LogP contribution in [0, 0.1) is 0 Å². The fourth-order valence-electron chi connectivity index (χ4n) is 3.44. The molecular weight excluding hydrogens is 314 g/mol. The zero-order chi connectivity index (χ0) is 17.1. The molecule has 6 heteroatoms. The summed E-state index contributed by atoms with van der Waals surface area (Å²) >= 11 is 0. The summed E-state index contributed by atoms with van der Waals surface area (Å²) in [5.41, 5.74) is 5.46. The molecule has 0 radical (unpaired) electrons. The molecule has 4 rings (SSSR count). The highest BCUT2D eigenvalue weighted by Gasteiger charge is 2.15. The number of nitrogens with one attached hydrogen (secondary N) is 4. The van der Waals surface area contributed by atoms with Gasteiger partial charge in [-0.05, 0) is 43.0 Å². The molecule has 4 N–H and O–H groups in total. The number of aromatic nitrogens is 1. The number of anilines is 3. The van der Waals surface area contributed by atoms with E-state index in [1.807, 2.05) is 18.2 Å². The van der Waals surface area contributed by atoms with E-state index >= 15 is 0 Å². The summed E-state index contributed by atoms with van der Waals surface area (Å²) in [5, 5.41) is 12.5. The van der Waals surface area contributed by atoms with Gasteiger partial charge in [0.05, 0.1) is 0 Å². The Morgan fingerprint density at radius 2 is 2.08 bits per heavy atom. The normalized spacial score (nSPS) is 14.7. The van der Waals surface area contributed by atoms with Gasteiger partial charge in [0.2, 0.25) is 0 Å². The van der Waals surface area contributed by atoms with Gasteiger partial charge in [-0.2, -0.15) is 0 Å². The van der Waals surface area contributed by atoms with E-state index in [4.69, 9.17) is 0 Å². The predicted octanol–water partition coefficient (Wildman–Crippen LogP) is 2.77. The first-order valence-corrected chi connectivity index (χ1v) is 8.93. The number of hydrogen-bond acceptors (Lipinski definition) is 4. The zero-order valence-electron chi connectivity index (χ0n) is 14.2. The Morgan fingerprint density at radius 3 is 3.04 bits per heavy atom. The summed E-state index contributed by atoms with van der Waals surface area (Å²) < 4.78 is 0. The maximum absolute atomic E-state index is 12.2. The number of nitrogens with zero attached hydrogens (tertiary/aromatic N) is 1. The molecule has 0 spiro atoms. The first-order valence-electron chi connectivity index (χ1n) is 8.93. The lowest BCUT2D eigenvalue weighted by Gasteiger charge is -2.17. The van der Waals surface area contributed by atoms with Gasteiger partial charge in [-0.15, -0.1) is 0 Å². The van der Waals surface area contributed by atoms with Crippen LogP contribution in [0.5, 0.6) is 0 Å². The molecule has 0 saturated heterocycles. The fraction of sp³-hybridized carbons (Fsp3) is 0.368. The third-order valence-corrected chi connectivity index (χ3v) is 4.73. The number of urea groups is 1. The third kappa shape index (κ3) is 3.52. The van der Waals surface area contributed by atoms with E-state index in [2.05, 4.69) is 38.4 Å². The van der Waals surface area contributed by atoms with E-state index in [9.17, 15) is 4.79 Å². The topological polar surface area (TPSA) is 78.1 Å². The average Bonchev–Trinajstić information content (AvgIpc) is 3.11. The average molecular weight is 337 g/mol. The molecule has 0 unspecified atom stereocenters. The maximum atomic E-state index is 12.2. The van der Waals surface area contributed by atoms with Crippen molar-refractivity contribution in [1.82, 2.24) is 10.3 Å². The van der Waals surface area contributed by atoms with Crippen LogP contribution in [0.2, 0.25) is 0 Å². The van der Waals surface area contributed by atoms with E-state index in [-0.39, 0.29) is 6.03 Å². The summed E-state index contributed by atoms with van der Waals surface area (Å²) in [6.45, 7) is 2.47. The van der Waals surface area contributed by atoms with Gasteiger partial charge in [0, 0.05) is 48.7 Å². The monoisotopic (exact) mass is 337 g/mol. The van der Waals surface area contributed by atoms with Gasteiger partial charge in [0.15, 0.2) is 0 Å². The van der Waals surface area contributed by atoms with Gasteiger partial charge >= 0.3 is 6.03 Å². The number of benzene rings is 1. The number of rotatable bonds is 4. The van der Waals surface area contributed by atoms with Crippen LogP contribution in [0.4, 0.5) is 22.0 Å². The van der Waals surface area contributed by atoms with Crippen molar-refractivity contribution in [2.45, 2.75) is 25.7 Å². The Morgan fingerprint density at radius 1 is 1.12 bits per heavy atom.